The van der Waals surface area contributed by atoms with Crippen molar-refractivity contribution in [1.29, 1.82) is 0 Å². The van der Waals surface area contributed by atoms with Gasteiger partial charge < -0.3 is 14.6 Å². The van der Waals surface area contributed by atoms with Gasteiger partial charge in [0.05, 0.1) is 12.1 Å². The SMILES string of the molecule is CCCN(CCO)C(=O)Cn1cc(-c2ccccc2)c(=O)c2ccc(C)cc21. The fourth-order valence-electron chi connectivity index (χ4n) is 3.45. The molecule has 1 amide bonds. The maximum absolute atomic E-state index is 13.1. The van der Waals surface area contributed by atoms with Crippen LogP contribution in [-0.4, -0.2) is 40.2 Å². The lowest BCUT2D eigenvalue weighted by Crippen LogP contribution is -2.36. The van der Waals surface area contributed by atoms with Crippen molar-refractivity contribution in [2.75, 3.05) is 19.7 Å². The second-order valence-corrected chi connectivity index (χ2v) is 6.99. The van der Waals surface area contributed by atoms with Crippen LogP contribution in [-0.2, 0) is 11.3 Å². The molecule has 0 saturated carbocycles. The van der Waals surface area contributed by atoms with Crippen LogP contribution >= 0.6 is 0 Å². The highest BCUT2D eigenvalue weighted by Crippen LogP contribution is 2.21. The molecule has 3 rings (SSSR count). The van der Waals surface area contributed by atoms with E-state index in [0.717, 1.165) is 23.1 Å². The van der Waals surface area contributed by atoms with E-state index in [9.17, 15) is 14.7 Å². The largest absolute Gasteiger partial charge is 0.395 e. The summed E-state index contributed by atoms with van der Waals surface area (Å²) in [4.78, 5) is 27.6. The second-order valence-electron chi connectivity index (χ2n) is 6.99. The lowest BCUT2D eigenvalue weighted by Gasteiger charge is -2.23. The number of nitrogens with zero attached hydrogens (tertiary/aromatic N) is 2. The predicted octanol–water partition coefficient (Wildman–Crippen LogP) is 3.21. The smallest absolute Gasteiger partial charge is 0.242 e. The minimum Gasteiger partial charge on any atom is -0.395 e. The maximum Gasteiger partial charge on any atom is 0.242 e. The molecule has 0 aliphatic heterocycles. The number of aromatic nitrogens is 1. The molecule has 0 unspecified atom stereocenters. The van der Waals surface area contributed by atoms with Gasteiger partial charge in [0.25, 0.3) is 0 Å². The Hall–Kier alpha value is -2.92. The van der Waals surface area contributed by atoms with Gasteiger partial charge in [-0.25, -0.2) is 0 Å². The monoisotopic (exact) mass is 378 g/mol. The average molecular weight is 378 g/mol. The van der Waals surface area contributed by atoms with Crippen molar-refractivity contribution in [1.82, 2.24) is 9.47 Å². The Morgan fingerprint density at radius 2 is 1.86 bits per heavy atom. The number of carbonyl (C=O) groups excluding carboxylic acids is 1. The lowest BCUT2D eigenvalue weighted by molar-refractivity contribution is -0.132. The third-order valence-corrected chi connectivity index (χ3v) is 4.84. The topological polar surface area (TPSA) is 62.5 Å². The van der Waals surface area contributed by atoms with Gasteiger partial charge in [0, 0.05) is 30.2 Å². The number of fused-ring (bicyclic) bond motifs is 1. The molecule has 0 bridgehead atoms. The van der Waals surface area contributed by atoms with Crippen LogP contribution in [0.15, 0.2) is 59.5 Å². The quantitative estimate of drug-likeness (QED) is 0.687. The first-order chi connectivity index (χ1) is 13.5. The molecule has 0 radical (unpaired) electrons. The Morgan fingerprint density at radius 1 is 1.11 bits per heavy atom. The molecule has 5 nitrogen and oxygen atoms in total. The summed E-state index contributed by atoms with van der Waals surface area (Å²) in [5, 5.41) is 9.87. The highest BCUT2D eigenvalue weighted by Gasteiger charge is 2.16. The molecule has 3 aromatic rings. The van der Waals surface area contributed by atoms with E-state index in [0.29, 0.717) is 24.0 Å². The number of amides is 1. The maximum atomic E-state index is 13.1. The van der Waals surface area contributed by atoms with Crippen molar-refractivity contribution < 1.29 is 9.90 Å². The van der Waals surface area contributed by atoms with E-state index in [-0.39, 0.29) is 24.5 Å². The Kier molecular flexibility index (Phi) is 6.26. The average Bonchev–Trinajstić information content (AvgIpc) is 2.70. The molecular weight excluding hydrogens is 352 g/mol. The van der Waals surface area contributed by atoms with Gasteiger partial charge in [-0.1, -0.05) is 43.3 Å². The number of carbonyl (C=O) groups is 1. The van der Waals surface area contributed by atoms with Gasteiger partial charge >= 0.3 is 0 Å². The number of aryl methyl sites for hydroxylation is 1. The van der Waals surface area contributed by atoms with Crippen LogP contribution in [0.1, 0.15) is 18.9 Å². The summed E-state index contributed by atoms with van der Waals surface area (Å²) in [6.07, 6.45) is 2.60. The third kappa shape index (κ3) is 4.15. The Morgan fingerprint density at radius 3 is 2.54 bits per heavy atom. The number of pyridine rings is 1. The van der Waals surface area contributed by atoms with E-state index in [2.05, 4.69) is 0 Å². The molecule has 2 aromatic carbocycles. The molecule has 0 saturated heterocycles. The zero-order chi connectivity index (χ0) is 20.1. The standard InChI is InChI=1S/C23H26N2O3/c1-3-11-24(12-13-26)22(27)16-25-15-20(18-7-5-4-6-8-18)23(28)19-10-9-17(2)14-21(19)25/h4-10,14-15,26H,3,11-13,16H2,1-2H3. The molecule has 146 valence electrons. The normalized spacial score (nSPS) is 11.0. The van der Waals surface area contributed by atoms with Crippen molar-refractivity contribution in [3.05, 3.63) is 70.5 Å². The van der Waals surface area contributed by atoms with Gasteiger partial charge in [-0.2, -0.15) is 0 Å². The number of aliphatic hydroxyl groups excluding tert-OH is 1. The van der Waals surface area contributed by atoms with E-state index in [1.165, 1.54) is 0 Å². The van der Waals surface area contributed by atoms with Crippen LogP contribution in [0.3, 0.4) is 0 Å². The number of benzene rings is 2. The first kappa shape index (κ1) is 19.8. The van der Waals surface area contributed by atoms with Gasteiger partial charge in [-0.15, -0.1) is 0 Å². The number of hydrogen-bond acceptors (Lipinski definition) is 3. The number of hydrogen-bond donors (Lipinski definition) is 1. The lowest BCUT2D eigenvalue weighted by atomic mass is 10.0. The van der Waals surface area contributed by atoms with Gasteiger partial charge in [0.1, 0.15) is 6.54 Å². The first-order valence-corrected chi connectivity index (χ1v) is 9.63. The first-order valence-electron chi connectivity index (χ1n) is 9.63. The molecule has 1 N–H and O–H groups in total. The molecule has 0 atom stereocenters. The minimum atomic E-state index is -0.0682. The van der Waals surface area contributed by atoms with Crippen molar-refractivity contribution in [2.24, 2.45) is 0 Å². The second kappa shape index (κ2) is 8.85. The van der Waals surface area contributed by atoms with Crippen LogP contribution in [0.2, 0.25) is 0 Å². The number of rotatable bonds is 7. The third-order valence-electron chi connectivity index (χ3n) is 4.84. The fraction of sp³-hybridized carbons (Fsp3) is 0.304. The summed E-state index contributed by atoms with van der Waals surface area (Å²) >= 11 is 0. The highest BCUT2D eigenvalue weighted by atomic mass is 16.3. The summed E-state index contributed by atoms with van der Waals surface area (Å²) < 4.78 is 1.86. The molecule has 0 aliphatic rings. The van der Waals surface area contributed by atoms with Gasteiger partial charge in [-0.3, -0.25) is 9.59 Å². The summed E-state index contributed by atoms with van der Waals surface area (Å²) in [6.45, 7) is 4.95. The van der Waals surface area contributed by atoms with Crippen LogP contribution in [0.4, 0.5) is 0 Å². The number of aliphatic hydroxyl groups is 1. The minimum absolute atomic E-state index is 0.0364. The highest BCUT2D eigenvalue weighted by molar-refractivity contribution is 5.86. The molecule has 0 spiro atoms. The van der Waals surface area contributed by atoms with Crippen LogP contribution in [0.25, 0.3) is 22.0 Å². The van der Waals surface area contributed by atoms with E-state index < -0.39 is 0 Å². The molecule has 0 aliphatic carbocycles. The van der Waals surface area contributed by atoms with E-state index in [1.807, 2.05) is 66.9 Å². The summed E-state index contributed by atoms with van der Waals surface area (Å²) in [5.74, 6) is -0.0682. The van der Waals surface area contributed by atoms with Crippen molar-refractivity contribution >= 4 is 16.8 Å². The van der Waals surface area contributed by atoms with Crippen LogP contribution in [0.5, 0.6) is 0 Å². The van der Waals surface area contributed by atoms with E-state index in [1.54, 1.807) is 11.1 Å². The predicted molar refractivity (Wildman–Crippen MR) is 112 cm³/mol. The zero-order valence-corrected chi connectivity index (χ0v) is 16.4. The molecule has 5 heteroatoms. The molecule has 28 heavy (non-hydrogen) atoms. The van der Waals surface area contributed by atoms with E-state index >= 15 is 0 Å². The fourth-order valence-corrected chi connectivity index (χ4v) is 3.45. The zero-order valence-electron chi connectivity index (χ0n) is 16.4. The van der Waals surface area contributed by atoms with Gasteiger partial charge in [-0.05, 0) is 36.6 Å². The summed E-state index contributed by atoms with van der Waals surface area (Å²) in [6, 6.07) is 15.2. The Labute approximate surface area is 164 Å². The van der Waals surface area contributed by atoms with Crippen LogP contribution in [0, 0.1) is 6.92 Å². The summed E-state index contributed by atoms with van der Waals surface area (Å²) in [5.41, 5.74) is 3.15. The van der Waals surface area contributed by atoms with Crippen molar-refractivity contribution in [3.8, 4) is 11.1 Å². The molecule has 1 aromatic heterocycles. The van der Waals surface area contributed by atoms with Crippen molar-refractivity contribution in [3.63, 3.8) is 0 Å². The van der Waals surface area contributed by atoms with Crippen LogP contribution < -0.4 is 5.43 Å². The van der Waals surface area contributed by atoms with Gasteiger partial charge in [0.15, 0.2) is 5.43 Å². The molecular formula is C23H26N2O3. The van der Waals surface area contributed by atoms with E-state index in [4.69, 9.17) is 0 Å². The molecule has 0 fully saturated rings. The van der Waals surface area contributed by atoms with Crippen molar-refractivity contribution in [2.45, 2.75) is 26.8 Å². The Balaban J connectivity index is 2.12. The van der Waals surface area contributed by atoms with Gasteiger partial charge in [0.2, 0.25) is 5.91 Å². The summed E-state index contributed by atoms with van der Waals surface area (Å²) in [7, 11) is 0. The Bertz CT molecular complexity index is 1020. The molecule has 1 heterocycles.